The van der Waals surface area contributed by atoms with Crippen LogP contribution in [-0.2, 0) is 9.47 Å². The number of amides is 1. The molecule has 1 unspecified atom stereocenters. The second kappa shape index (κ2) is 4.99. The van der Waals surface area contributed by atoms with Gasteiger partial charge < -0.3 is 14.6 Å². The van der Waals surface area contributed by atoms with E-state index >= 15 is 0 Å². The van der Waals surface area contributed by atoms with E-state index in [0.29, 0.717) is 13.0 Å². The van der Waals surface area contributed by atoms with Gasteiger partial charge in [0.05, 0.1) is 5.60 Å². The Bertz CT molecular complexity index is 463. The van der Waals surface area contributed by atoms with Gasteiger partial charge in [-0.1, -0.05) is 6.92 Å². The molecule has 1 aliphatic heterocycles. The van der Waals surface area contributed by atoms with Crippen molar-refractivity contribution in [3.8, 4) is 0 Å². The summed E-state index contributed by atoms with van der Waals surface area (Å²) < 4.78 is 10.9. The molecule has 3 atom stereocenters. The Hall–Kier alpha value is -1.07. The summed E-state index contributed by atoms with van der Waals surface area (Å²) in [4.78, 5) is 14.1. The van der Waals surface area contributed by atoms with Crippen molar-refractivity contribution in [1.82, 2.24) is 4.90 Å². The van der Waals surface area contributed by atoms with E-state index in [9.17, 15) is 9.90 Å². The number of ether oxygens (including phenoxy) is 2. The van der Waals surface area contributed by atoms with E-state index in [1.807, 2.05) is 26.8 Å². The van der Waals surface area contributed by atoms with Crippen LogP contribution < -0.4 is 0 Å². The third-order valence-electron chi connectivity index (χ3n) is 4.33. The quantitative estimate of drug-likeness (QED) is 0.808. The van der Waals surface area contributed by atoms with Gasteiger partial charge in [0.15, 0.2) is 0 Å². The topological polar surface area (TPSA) is 59.0 Å². The summed E-state index contributed by atoms with van der Waals surface area (Å²) in [5, 5.41) is 10.6. The lowest BCUT2D eigenvalue weighted by atomic mass is 9.70. The van der Waals surface area contributed by atoms with Gasteiger partial charge in [0, 0.05) is 24.8 Å². The van der Waals surface area contributed by atoms with E-state index in [1.54, 1.807) is 18.9 Å². The fourth-order valence-corrected chi connectivity index (χ4v) is 3.45. The zero-order chi connectivity index (χ0) is 16.1. The normalized spacial score (nSPS) is 36.2. The van der Waals surface area contributed by atoms with Crippen molar-refractivity contribution in [3.05, 3.63) is 11.8 Å². The predicted molar refractivity (Wildman–Crippen MR) is 79.8 cm³/mol. The minimum absolute atomic E-state index is 0.213. The summed E-state index contributed by atoms with van der Waals surface area (Å²) in [6.07, 6.45) is 2.53. The molecule has 0 aromatic heterocycles. The van der Waals surface area contributed by atoms with Crippen LogP contribution >= 0.6 is 0 Å². The van der Waals surface area contributed by atoms with E-state index in [4.69, 9.17) is 9.47 Å². The molecule has 1 fully saturated rings. The minimum atomic E-state index is -0.920. The molecule has 1 N–H and O–H groups in total. The lowest BCUT2D eigenvalue weighted by molar-refractivity contribution is -0.0883. The molecule has 0 saturated carbocycles. The van der Waals surface area contributed by atoms with Crippen molar-refractivity contribution < 1.29 is 19.4 Å². The Morgan fingerprint density at radius 3 is 2.57 bits per heavy atom. The molecule has 2 aliphatic rings. The first-order valence-electron chi connectivity index (χ1n) is 7.46. The van der Waals surface area contributed by atoms with Crippen molar-refractivity contribution >= 4 is 6.09 Å². The standard InChI is InChI=1S/C16H27NO4/c1-14(2,3)21-13(18)17-8-7-15(4)10-16(5,19)12(20-6)9-11(15)17/h9,12,19H,7-8,10H2,1-6H3/t12?,15-,16+/m1/s1. The third kappa shape index (κ3) is 3.09. The van der Waals surface area contributed by atoms with Crippen LogP contribution in [0.3, 0.4) is 0 Å². The highest BCUT2D eigenvalue weighted by atomic mass is 16.6. The zero-order valence-electron chi connectivity index (χ0n) is 13.9. The van der Waals surface area contributed by atoms with Crippen molar-refractivity contribution in [2.45, 2.75) is 64.8 Å². The molecule has 21 heavy (non-hydrogen) atoms. The number of likely N-dealkylation sites (tertiary alicyclic amines) is 1. The molecular formula is C16H27NO4. The number of carbonyl (C=O) groups is 1. The van der Waals surface area contributed by atoms with Crippen LogP contribution in [0.15, 0.2) is 11.8 Å². The molecule has 120 valence electrons. The average molecular weight is 297 g/mol. The molecule has 2 rings (SSSR count). The van der Waals surface area contributed by atoms with Crippen LogP contribution in [0.4, 0.5) is 4.79 Å². The van der Waals surface area contributed by atoms with E-state index in [1.165, 1.54) is 0 Å². The summed E-state index contributed by atoms with van der Waals surface area (Å²) in [6, 6.07) is 0. The van der Waals surface area contributed by atoms with Gasteiger partial charge in [-0.3, -0.25) is 4.90 Å². The Morgan fingerprint density at radius 2 is 2.05 bits per heavy atom. The summed E-state index contributed by atoms with van der Waals surface area (Å²) in [7, 11) is 1.58. The van der Waals surface area contributed by atoms with Crippen molar-refractivity contribution in [2.75, 3.05) is 13.7 Å². The lowest BCUT2D eigenvalue weighted by Crippen LogP contribution is -2.48. The Labute approximate surface area is 126 Å². The van der Waals surface area contributed by atoms with Gasteiger partial charge in [0.1, 0.15) is 11.7 Å². The summed E-state index contributed by atoms with van der Waals surface area (Å²) in [5.74, 6) is 0. The molecular weight excluding hydrogens is 270 g/mol. The van der Waals surface area contributed by atoms with E-state index in [0.717, 1.165) is 12.1 Å². The zero-order valence-corrected chi connectivity index (χ0v) is 13.9. The van der Waals surface area contributed by atoms with Crippen molar-refractivity contribution in [1.29, 1.82) is 0 Å². The lowest BCUT2D eigenvalue weighted by Gasteiger charge is -2.43. The number of carbonyl (C=O) groups excluding carboxylic acids is 1. The maximum absolute atomic E-state index is 12.4. The van der Waals surface area contributed by atoms with E-state index < -0.39 is 17.3 Å². The maximum Gasteiger partial charge on any atom is 0.414 e. The molecule has 0 radical (unpaired) electrons. The Morgan fingerprint density at radius 1 is 1.43 bits per heavy atom. The fourth-order valence-electron chi connectivity index (χ4n) is 3.45. The van der Waals surface area contributed by atoms with Gasteiger partial charge >= 0.3 is 6.09 Å². The van der Waals surface area contributed by atoms with Gasteiger partial charge in [-0.15, -0.1) is 0 Å². The molecule has 5 heteroatoms. The smallest absolute Gasteiger partial charge is 0.414 e. The number of allylic oxidation sites excluding steroid dienone is 1. The molecule has 1 aliphatic carbocycles. The number of hydrogen-bond donors (Lipinski definition) is 1. The molecule has 0 aromatic rings. The largest absolute Gasteiger partial charge is 0.443 e. The monoisotopic (exact) mass is 297 g/mol. The number of hydrogen-bond acceptors (Lipinski definition) is 4. The first-order valence-corrected chi connectivity index (χ1v) is 7.46. The number of nitrogens with zero attached hydrogens (tertiary/aromatic N) is 1. The van der Waals surface area contributed by atoms with Crippen molar-refractivity contribution in [3.63, 3.8) is 0 Å². The predicted octanol–water partition coefficient (Wildman–Crippen LogP) is 2.69. The fraction of sp³-hybridized carbons (Fsp3) is 0.812. The van der Waals surface area contributed by atoms with Gasteiger partial charge in [-0.2, -0.15) is 0 Å². The van der Waals surface area contributed by atoms with Gasteiger partial charge in [0.2, 0.25) is 0 Å². The number of rotatable bonds is 1. The first-order chi connectivity index (χ1) is 9.48. The third-order valence-corrected chi connectivity index (χ3v) is 4.33. The van der Waals surface area contributed by atoms with E-state index in [2.05, 4.69) is 6.92 Å². The van der Waals surface area contributed by atoms with Crippen LogP contribution in [0, 0.1) is 5.41 Å². The summed E-state index contributed by atoms with van der Waals surface area (Å²) >= 11 is 0. The number of fused-ring (bicyclic) bond motifs is 1. The molecule has 5 nitrogen and oxygen atoms in total. The maximum atomic E-state index is 12.4. The van der Waals surface area contributed by atoms with E-state index in [-0.39, 0.29) is 11.5 Å². The number of aliphatic hydroxyl groups is 1. The van der Waals surface area contributed by atoms with Crippen LogP contribution in [0.2, 0.25) is 0 Å². The summed E-state index contributed by atoms with van der Waals surface area (Å²) in [5.41, 5.74) is -0.737. The van der Waals surface area contributed by atoms with Crippen LogP contribution in [0.1, 0.15) is 47.5 Å². The second-order valence-electron chi connectivity index (χ2n) is 7.68. The minimum Gasteiger partial charge on any atom is -0.443 e. The Balaban J connectivity index is 2.29. The van der Waals surface area contributed by atoms with Crippen LogP contribution in [0.5, 0.6) is 0 Å². The van der Waals surface area contributed by atoms with Gasteiger partial charge in [0.25, 0.3) is 0 Å². The molecule has 0 bridgehead atoms. The highest BCUT2D eigenvalue weighted by Gasteiger charge is 2.51. The highest BCUT2D eigenvalue weighted by molar-refractivity contribution is 5.71. The SMILES string of the molecule is COC1C=C2N(C(=O)OC(C)(C)C)CC[C@]2(C)C[C@]1(C)O. The van der Waals surface area contributed by atoms with Crippen LogP contribution in [0.25, 0.3) is 0 Å². The van der Waals surface area contributed by atoms with Gasteiger partial charge in [-0.25, -0.2) is 4.79 Å². The van der Waals surface area contributed by atoms with Crippen molar-refractivity contribution in [2.24, 2.45) is 5.41 Å². The molecule has 1 amide bonds. The molecule has 1 heterocycles. The number of methoxy groups -OCH3 is 1. The molecule has 1 saturated heterocycles. The average Bonchev–Trinajstić information content (AvgIpc) is 2.60. The Kier molecular flexibility index (Phi) is 3.87. The summed E-state index contributed by atoms with van der Waals surface area (Å²) in [6.45, 7) is 10.1. The highest BCUT2D eigenvalue weighted by Crippen LogP contribution is 2.50. The molecule has 0 aromatic carbocycles. The first kappa shape index (κ1) is 16.3. The van der Waals surface area contributed by atoms with Crippen LogP contribution in [-0.4, -0.2) is 47.1 Å². The molecule has 0 spiro atoms. The second-order valence-corrected chi connectivity index (χ2v) is 7.68. The van der Waals surface area contributed by atoms with Gasteiger partial charge in [-0.05, 0) is 46.6 Å².